The summed E-state index contributed by atoms with van der Waals surface area (Å²) in [5.74, 6) is -0.638. The van der Waals surface area contributed by atoms with E-state index in [9.17, 15) is 29.8 Å². The molecule has 0 saturated carbocycles. The highest BCUT2D eigenvalue weighted by atomic mass is 16.6. The third kappa shape index (κ3) is 4.21. The zero-order valence-electron chi connectivity index (χ0n) is 15.6. The largest absolute Gasteiger partial charge is 0.324 e. The van der Waals surface area contributed by atoms with Crippen LogP contribution in [0, 0.1) is 27.2 Å². The maximum Gasteiger partial charge on any atom is 0.273 e. The van der Waals surface area contributed by atoms with Crippen LogP contribution in [0.25, 0.3) is 0 Å². The van der Waals surface area contributed by atoms with Crippen LogP contribution >= 0.6 is 0 Å². The van der Waals surface area contributed by atoms with E-state index in [1.165, 1.54) is 52.3 Å². The van der Waals surface area contributed by atoms with E-state index in [-0.39, 0.29) is 29.5 Å². The highest BCUT2D eigenvalue weighted by molar-refractivity contribution is 6.06. The molecule has 0 aromatic heterocycles. The number of amides is 2. The van der Waals surface area contributed by atoms with Crippen LogP contribution in [0.15, 0.2) is 42.5 Å². The number of likely N-dealkylation sites (tertiary alicyclic amines) is 1. The fourth-order valence-electron chi connectivity index (χ4n) is 3.14. The summed E-state index contributed by atoms with van der Waals surface area (Å²) in [6, 6.07) is 9.52. The van der Waals surface area contributed by atoms with Gasteiger partial charge in [0.1, 0.15) is 6.67 Å². The van der Waals surface area contributed by atoms with Crippen molar-refractivity contribution >= 4 is 28.9 Å². The molecule has 3 rings (SSSR count). The van der Waals surface area contributed by atoms with Crippen LogP contribution in [0.3, 0.4) is 0 Å². The number of aryl methyl sites for hydroxylation is 1. The summed E-state index contributed by atoms with van der Waals surface area (Å²) in [6.07, 6.45) is 1.06. The van der Waals surface area contributed by atoms with Crippen molar-refractivity contribution in [2.75, 3.05) is 18.1 Å². The summed E-state index contributed by atoms with van der Waals surface area (Å²) >= 11 is 0. The Morgan fingerprint density at radius 2 is 1.79 bits per heavy atom. The molecular formula is C19H18N4O6. The standard InChI is InChI=1S/C19H18N4O6/c1-13-4-5-14(11-17(13)23(28)29)19(25)21(12-20-10-2-3-18(20)24)15-6-8-16(9-7-15)22(26)27/h4-9,11H,2-3,10,12H2,1H3. The van der Waals surface area contributed by atoms with E-state index in [2.05, 4.69) is 0 Å². The highest BCUT2D eigenvalue weighted by Gasteiger charge is 2.27. The predicted molar refractivity (Wildman–Crippen MR) is 104 cm³/mol. The molecule has 0 N–H and O–H groups in total. The lowest BCUT2D eigenvalue weighted by atomic mass is 10.1. The van der Waals surface area contributed by atoms with Crippen molar-refractivity contribution in [3.8, 4) is 0 Å². The maximum atomic E-state index is 13.2. The number of nitro benzene ring substituents is 2. The second-order valence-electron chi connectivity index (χ2n) is 6.67. The van der Waals surface area contributed by atoms with E-state index >= 15 is 0 Å². The molecule has 1 fully saturated rings. The zero-order valence-corrected chi connectivity index (χ0v) is 15.6. The van der Waals surface area contributed by atoms with Crippen molar-refractivity contribution < 1.29 is 19.4 Å². The fourth-order valence-corrected chi connectivity index (χ4v) is 3.14. The summed E-state index contributed by atoms with van der Waals surface area (Å²) in [5.41, 5.74) is 0.542. The van der Waals surface area contributed by atoms with Gasteiger partial charge >= 0.3 is 0 Å². The molecule has 29 heavy (non-hydrogen) atoms. The van der Waals surface area contributed by atoms with Gasteiger partial charge in [0, 0.05) is 48.0 Å². The summed E-state index contributed by atoms with van der Waals surface area (Å²) in [4.78, 5) is 49.0. The molecule has 0 bridgehead atoms. The minimum Gasteiger partial charge on any atom is -0.324 e. The minimum atomic E-state index is -0.563. The molecule has 1 heterocycles. The number of rotatable bonds is 6. The van der Waals surface area contributed by atoms with Crippen molar-refractivity contribution in [2.24, 2.45) is 0 Å². The molecule has 0 spiro atoms. The second kappa shape index (κ2) is 8.05. The number of carbonyl (C=O) groups is 2. The average molecular weight is 398 g/mol. The van der Waals surface area contributed by atoms with Gasteiger partial charge < -0.3 is 4.90 Å². The molecule has 10 heteroatoms. The molecule has 0 unspecified atom stereocenters. The Hall–Kier alpha value is -3.82. The van der Waals surface area contributed by atoms with Gasteiger partial charge in [-0.25, -0.2) is 0 Å². The van der Waals surface area contributed by atoms with E-state index in [4.69, 9.17) is 0 Å². The average Bonchev–Trinajstić information content (AvgIpc) is 3.10. The lowest BCUT2D eigenvalue weighted by Crippen LogP contribution is -2.42. The second-order valence-corrected chi connectivity index (χ2v) is 6.67. The quantitative estimate of drug-likeness (QED) is 0.543. The first-order valence-corrected chi connectivity index (χ1v) is 8.87. The third-order valence-corrected chi connectivity index (χ3v) is 4.75. The Kier molecular flexibility index (Phi) is 5.53. The number of nitro groups is 2. The Bertz CT molecular complexity index is 989. The Morgan fingerprint density at radius 3 is 2.34 bits per heavy atom. The SMILES string of the molecule is Cc1ccc(C(=O)N(CN2CCCC2=O)c2ccc([N+](=O)[O-])cc2)cc1[N+](=O)[O-]. The number of hydrogen-bond donors (Lipinski definition) is 0. The smallest absolute Gasteiger partial charge is 0.273 e. The Labute approximate surface area is 165 Å². The van der Waals surface area contributed by atoms with Gasteiger partial charge in [0.15, 0.2) is 0 Å². The van der Waals surface area contributed by atoms with Crippen LogP contribution in [0.5, 0.6) is 0 Å². The molecular weight excluding hydrogens is 380 g/mol. The first kappa shape index (κ1) is 19.9. The molecule has 1 aliphatic rings. The van der Waals surface area contributed by atoms with Gasteiger partial charge in [0.2, 0.25) is 5.91 Å². The van der Waals surface area contributed by atoms with Crippen LogP contribution < -0.4 is 4.90 Å². The normalized spacial score (nSPS) is 13.4. The van der Waals surface area contributed by atoms with Crippen molar-refractivity contribution in [2.45, 2.75) is 19.8 Å². The van der Waals surface area contributed by atoms with Gasteiger partial charge in [-0.05, 0) is 31.5 Å². The monoisotopic (exact) mass is 398 g/mol. The zero-order chi connectivity index (χ0) is 21.1. The van der Waals surface area contributed by atoms with E-state index < -0.39 is 15.8 Å². The number of anilines is 1. The fraction of sp³-hybridized carbons (Fsp3) is 0.263. The van der Waals surface area contributed by atoms with Crippen LogP contribution in [-0.2, 0) is 4.79 Å². The van der Waals surface area contributed by atoms with E-state index in [0.717, 1.165) is 0 Å². The summed E-state index contributed by atoms with van der Waals surface area (Å²) in [5, 5.41) is 22.1. The van der Waals surface area contributed by atoms with Crippen molar-refractivity contribution in [3.05, 3.63) is 73.8 Å². The number of non-ortho nitro benzene ring substituents is 1. The molecule has 150 valence electrons. The van der Waals surface area contributed by atoms with Crippen LogP contribution in [0.4, 0.5) is 17.1 Å². The first-order chi connectivity index (χ1) is 13.8. The van der Waals surface area contributed by atoms with Crippen LogP contribution in [-0.4, -0.2) is 39.8 Å². The Morgan fingerprint density at radius 1 is 1.10 bits per heavy atom. The molecule has 1 saturated heterocycles. The van der Waals surface area contributed by atoms with Gasteiger partial charge in [-0.15, -0.1) is 0 Å². The van der Waals surface area contributed by atoms with Crippen LogP contribution in [0.1, 0.15) is 28.8 Å². The maximum absolute atomic E-state index is 13.2. The summed E-state index contributed by atoms with van der Waals surface area (Å²) in [7, 11) is 0. The van der Waals surface area contributed by atoms with Gasteiger partial charge in [-0.1, -0.05) is 6.07 Å². The topological polar surface area (TPSA) is 127 Å². The number of benzene rings is 2. The third-order valence-electron chi connectivity index (χ3n) is 4.75. The molecule has 0 radical (unpaired) electrons. The highest BCUT2D eigenvalue weighted by Crippen LogP contribution is 2.25. The van der Waals surface area contributed by atoms with E-state index in [0.29, 0.717) is 30.6 Å². The van der Waals surface area contributed by atoms with Gasteiger partial charge in [0.05, 0.1) is 9.85 Å². The van der Waals surface area contributed by atoms with Crippen molar-refractivity contribution in [3.63, 3.8) is 0 Å². The molecule has 0 aliphatic carbocycles. The number of hydrogen-bond acceptors (Lipinski definition) is 6. The van der Waals surface area contributed by atoms with E-state index in [1.54, 1.807) is 6.92 Å². The molecule has 10 nitrogen and oxygen atoms in total. The van der Waals surface area contributed by atoms with Gasteiger partial charge in [0.25, 0.3) is 17.3 Å². The number of carbonyl (C=O) groups excluding carboxylic acids is 2. The lowest BCUT2D eigenvalue weighted by molar-refractivity contribution is -0.385. The Balaban J connectivity index is 1.98. The molecule has 2 aromatic rings. The molecule has 2 aromatic carbocycles. The minimum absolute atomic E-state index is 0.0445. The van der Waals surface area contributed by atoms with Crippen molar-refractivity contribution in [1.29, 1.82) is 0 Å². The predicted octanol–water partition coefficient (Wildman–Crippen LogP) is 3.04. The van der Waals surface area contributed by atoms with Gasteiger partial charge in [-0.2, -0.15) is 0 Å². The van der Waals surface area contributed by atoms with Crippen LogP contribution in [0.2, 0.25) is 0 Å². The first-order valence-electron chi connectivity index (χ1n) is 8.87. The van der Waals surface area contributed by atoms with Gasteiger partial charge in [-0.3, -0.25) is 34.7 Å². The summed E-state index contributed by atoms with van der Waals surface area (Å²) in [6.45, 7) is 2.02. The number of nitrogens with zero attached hydrogens (tertiary/aromatic N) is 4. The lowest BCUT2D eigenvalue weighted by Gasteiger charge is -2.28. The van der Waals surface area contributed by atoms with Crippen molar-refractivity contribution in [1.82, 2.24) is 4.90 Å². The van der Waals surface area contributed by atoms with E-state index in [1.807, 2.05) is 0 Å². The molecule has 2 amide bonds. The summed E-state index contributed by atoms with van der Waals surface area (Å²) < 4.78 is 0. The molecule has 1 aliphatic heterocycles. The molecule has 0 atom stereocenters.